The number of hydrogen-bond donors (Lipinski definition) is 0. The van der Waals surface area contributed by atoms with Crippen molar-refractivity contribution < 1.29 is 23.9 Å². The van der Waals surface area contributed by atoms with Crippen molar-refractivity contribution in [1.82, 2.24) is 0 Å². The van der Waals surface area contributed by atoms with E-state index in [1.54, 1.807) is 0 Å². The number of esters is 3. The highest BCUT2D eigenvalue weighted by atomic mass is 16.6. The summed E-state index contributed by atoms with van der Waals surface area (Å²) < 4.78 is 9.57. The summed E-state index contributed by atoms with van der Waals surface area (Å²) in [5, 5.41) is 0. The molecule has 0 radical (unpaired) electrons. The molecule has 0 N–H and O–H groups in total. The van der Waals surface area contributed by atoms with Crippen molar-refractivity contribution in [2.45, 2.75) is 97.5 Å². The zero-order chi connectivity index (χ0) is 17.7. The minimum Gasteiger partial charge on any atom is -0.448 e. The van der Waals surface area contributed by atoms with E-state index in [0.29, 0.717) is 0 Å². The predicted octanol–water partition coefficient (Wildman–Crippen LogP) is 4.32. The fourth-order valence-corrected chi connectivity index (χ4v) is 2.26. The van der Waals surface area contributed by atoms with Crippen LogP contribution in [0.25, 0.3) is 0 Å². The van der Waals surface area contributed by atoms with Gasteiger partial charge in [-0.25, -0.2) is 4.79 Å². The number of unbranched alkanes of at least 4 members (excludes halogenated alkanes) is 8. The van der Waals surface area contributed by atoms with Gasteiger partial charge in [0.1, 0.15) is 0 Å². The maximum Gasteiger partial charge on any atom is 0.357 e. The first kappa shape index (κ1) is 21.6. The van der Waals surface area contributed by atoms with E-state index in [-0.39, 0.29) is 6.42 Å². The maximum atomic E-state index is 11.8. The monoisotopic (exact) mass is 328 g/mol. The molecule has 23 heavy (non-hydrogen) atoms. The molecule has 0 atom stereocenters. The lowest BCUT2D eigenvalue weighted by Gasteiger charge is -2.21. The zero-order valence-corrected chi connectivity index (χ0v) is 15.1. The Morgan fingerprint density at radius 3 is 1.78 bits per heavy atom. The maximum absolute atomic E-state index is 11.8. The van der Waals surface area contributed by atoms with Crippen molar-refractivity contribution in [2.24, 2.45) is 0 Å². The first-order valence-electron chi connectivity index (χ1n) is 8.74. The SMILES string of the molecule is CCCCCCCCCCCC(=O)OC(=O)C(C)(C)OC(C)=O. The highest BCUT2D eigenvalue weighted by Gasteiger charge is 2.34. The summed E-state index contributed by atoms with van der Waals surface area (Å²) in [6.07, 6.45) is 10.6. The van der Waals surface area contributed by atoms with Crippen molar-refractivity contribution in [3.8, 4) is 0 Å². The molecule has 0 rings (SSSR count). The van der Waals surface area contributed by atoms with Crippen LogP contribution in [-0.4, -0.2) is 23.5 Å². The second kappa shape index (κ2) is 12.1. The third kappa shape index (κ3) is 11.8. The van der Waals surface area contributed by atoms with Crippen LogP contribution in [0.3, 0.4) is 0 Å². The van der Waals surface area contributed by atoms with E-state index in [1.807, 2.05) is 0 Å². The second-order valence-corrected chi connectivity index (χ2v) is 6.44. The third-order valence-electron chi connectivity index (χ3n) is 3.58. The minimum atomic E-state index is -1.43. The van der Waals surface area contributed by atoms with Gasteiger partial charge in [0.05, 0.1) is 0 Å². The fraction of sp³-hybridized carbons (Fsp3) is 0.833. The molecule has 5 heteroatoms. The molecule has 0 saturated carbocycles. The number of ether oxygens (including phenoxy) is 2. The molecule has 5 nitrogen and oxygen atoms in total. The lowest BCUT2D eigenvalue weighted by molar-refractivity contribution is -0.182. The Morgan fingerprint density at radius 2 is 1.30 bits per heavy atom. The molecule has 0 aromatic carbocycles. The van der Waals surface area contributed by atoms with E-state index in [1.165, 1.54) is 59.3 Å². The summed E-state index contributed by atoms with van der Waals surface area (Å²) >= 11 is 0. The van der Waals surface area contributed by atoms with Gasteiger partial charge in [-0.1, -0.05) is 58.3 Å². The summed E-state index contributed by atoms with van der Waals surface area (Å²) in [5.74, 6) is -1.97. The smallest absolute Gasteiger partial charge is 0.357 e. The molecule has 0 aliphatic carbocycles. The van der Waals surface area contributed by atoms with Crippen LogP contribution in [0.5, 0.6) is 0 Å². The predicted molar refractivity (Wildman–Crippen MR) is 88.8 cm³/mol. The molecule has 134 valence electrons. The molecular weight excluding hydrogens is 296 g/mol. The van der Waals surface area contributed by atoms with Gasteiger partial charge in [-0.15, -0.1) is 0 Å². The Balaban J connectivity index is 3.71. The molecule has 0 saturated heterocycles. The van der Waals surface area contributed by atoms with Crippen LogP contribution >= 0.6 is 0 Å². The van der Waals surface area contributed by atoms with Crippen molar-refractivity contribution in [2.75, 3.05) is 0 Å². The molecule has 0 aliphatic heterocycles. The molecule has 0 unspecified atom stereocenters. The Labute approximate surface area is 140 Å². The normalized spacial score (nSPS) is 11.1. The van der Waals surface area contributed by atoms with Crippen LogP contribution in [0.2, 0.25) is 0 Å². The van der Waals surface area contributed by atoms with Gasteiger partial charge < -0.3 is 9.47 Å². The largest absolute Gasteiger partial charge is 0.448 e. The van der Waals surface area contributed by atoms with Gasteiger partial charge in [0.25, 0.3) is 0 Å². The fourth-order valence-electron chi connectivity index (χ4n) is 2.26. The average Bonchev–Trinajstić information content (AvgIpc) is 2.44. The summed E-state index contributed by atoms with van der Waals surface area (Å²) in [6.45, 7) is 6.22. The van der Waals surface area contributed by atoms with E-state index in [4.69, 9.17) is 9.47 Å². The third-order valence-corrected chi connectivity index (χ3v) is 3.58. The number of carbonyl (C=O) groups excluding carboxylic acids is 3. The van der Waals surface area contributed by atoms with Crippen molar-refractivity contribution in [3.05, 3.63) is 0 Å². The van der Waals surface area contributed by atoms with Crippen molar-refractivity contribution >= 4 is 17.9 Å². The summed E-state index contributed by atoms with van der Waals surface area (Å²) in [7, 11) is 0. The van der Waals surface area contributed by atoms with Crippen LogP contribution in [0.15, 0.2) is 0 Å². The average molecular weight is 328 g/mol. The molecule has 0 bridgehead atoms. The van der Waals surface area contributed by atoms with Crippen LogP contribution in [0.1, 0.15) is 91.9 Å². The lowest BCUT2D eigenvalue weighted by Crippen LogP contribution is -2.39. The first-order chi connectivity index (χ1) is 10.8. The molecule has 0 amide bonds. The number of hydrogen-bond acceptors (Lipinski definition) is 5. The van der Waals surface area contributed by atoms with E-state index < -0.39 is 23.5 Å². The Morgan fingerprint density at radius 1 is 0.826 bits per heavy atom. The Bertz CT molecular complexity index is 374. The Kier molecular flexibility index (Phi) is 11.4. The second-order valence-electron chi connectivity index (χ2n) is 6.44. The molecule has 0 aromatic heterocycles. The van der Waals surface area contributed by atoms with Gasteiger partial charge in [-0.3, -0.25) is 9.59 Å². The summed E-state index contributed by atoms with van der Waals surface area (Å²) in [4.78, 5) is 34.3. The van der Waals surface area contributed by atoms with Crippen molar-refractivity contribution in [3.63, 3.8) is 0 Å². The van der Waals surface area contributed by atoms with Crippen LogP contribution in [0.4, 0.5) is 0 Å². The lowest BCUT2D eigenvalue weighted by atomic mass is 10.1. The molecule has 0 fully saturated rings. The van der Waals surface area contributed by atoms with Crippen LogP contribution < -0.4 is 0 Å². The quantitative estimate of drug-likeness (QED) is 0.303. The minimum absolute atomic E-state index is 0.220. The van der Waals surface area contributed by atoms with Gasteiger partial charge in [0.2, 0.25) is 5.60 Å². The van der Waals surface area contributed by atoms with Crippen LogP contribution in [-0.2, 0) is 23.9 Å². The van der Waals surface area contributed by atoms with Gasteiger partial charge in [0.15, 0.2) is 0 Å². The van der Waals surface area contributed by atoms with Gasteiger partial charge in [-0.2, -0.15) is 0 Å². The van der Waals surface area contributed by atoms with Gasteiger partial charge >= 0.3 is 17.9 Å². The zero-order valence-electron chi connectivity index (χ0n) is 15.1. The summed E-state index contributed by atoms with van der Waals surface area (Å²) in [6, 6.07) is 0. The summed E-state index contributed by atoms with van der Waals surface area (Å²) in [5.41, 5.74) is -1.43. The highest BCUT2D eigenvalue weighted by molar-refractivity contribution is 5.91. The molecule has 0 aliphatic rings. The highest BCUT2D eigenvalue weighted by Crippen LogP contribution is 2.14. The van der Waals surface area contributed by atoms with Crippen LogP contribution in [0, 0.1) is 0 Å². The van der Waals surface area contributed by atoms with E-state index in [0.717, 1.165) is 19.3 Å². The van der Waals surface area contributed by atoms with E-state index in [9.17, 15) is 14.4 Å². The molecule has 0 spiro atoms. The molecule has 0 heterocycles. The number of rotatable bonds is 12. The van der Waals surface area contributed by atoms with E-state index >= 15 is 0 Å². The molecule has 0 aromatic rings. The van der Waals surface area contributed by atoms with Crippen molar-refractivity contribution in [1.29, 1.82) is 0 Å². The Hall–Kier alpha value is -1.39. The topological polar surface area (TPSA) is 69.7 Å². The van der Waals surface area contributed by atoms with Gasteiger partial charge in [0, 0.05) is 13.3 Å². The first-order valence-corrected chi connectivity index (χ1v) is 8.74. The van der Waals surface area contributed by atoms with Gasteiger partial charge in [-0.05, 0) is 20.3 Å². The number of carbonyl (C=O) groups is 3. The standard InChI is InChI=1S/C18H32O5/c1-5-6-7-8-9-10-11-12-13-14-16(20)22-17(21)18(3,4)23-15(2)19/h5-14H2,1-4H3. The molecular formula is C18H32O5. The van der Waals surface area contributed by atoms with E-state index in [2.05, 4.69) is 6.92 Å².